The Labute approximate surface area is 126 Å². The summed E-state index contributed by atoms with van der Waals surface area (Å²) in [5.74, 6) is 0.778. The average Bonchev–Trinajstić information content (AvgIpc) is 2.46. The van der Waals surface area contributed by atoms with Gasteiger partial charge in [0.05, 0.1) is 12.2 Å². The van der Waals surface area contributed by atoms with E-state index in [1.54, 1.807) is 24.0 Å². The van der Waals surface area contributed by atoms with Crippen molar-refractivity contribution in [3.05, 3.63) is 29.8 Å². The van der Waals surface area contributed by atoms with Gasteiger partial charge in [-0.25, -0.2) is 0 Å². The second-order valence-corrected chi connectivity index (χ2v) is 6.05. The van der Waals surface area contributed by atoms with Crippen molar-refractivity contribution in [1.82, 2.24) is 4.90 Å². The van der Waals surface area contributed by atoms with Crippen molar-refractivity contribution in [3.8, 4) is 5.75 Å². The Kier molecular flexibility index (Phi) is 5.23. The van der Waals surface area contributed by atoms with E-state index in [9.17, 15) is 9.90 Å². The van der Waals surface area contributed by atoms with Crippen LogP contribution in [0.2, 0.25) is 0 Å². The summed E-state index contributed by atoms with van der Waals surface area (Å²) in [4.78, 5) is 14.2. The molecule has 0 aliphatic carbocycles. The summed E-state index contributed by atoms with van der Waals surface area (Å²) < 4.78 is 5.59. The fraction of sp³-hybridized carbons (Fsp3) is 0.588. The van der Waals surface area contributed by atoms with E-state index >= 15 is 0 Å². The minimum absolute atomic E-state index is 0.0184. The highest BCUT2D eigenvalue weighted by atomic mass is 16.5. The van der Waals surface area contributed by atoms with Gasteiger partial charge in [-0.15, -0.1) is 0 Å². The summed E-state index contributed by atoms with van der Waals surface area (Å²) in [7, 11) is 0. The van der Waals surface area contributed by atoms with Gasteiger partial charge in [-0.05, 0) is 50.5 Å². The molecule has 1 aromatic carbocycles. The lowest BCUT2D eigenvalue weighted by atomic mass is 9.94. The highest BCUT2D eigenvalue weighted by Crippen LogP contribution is 2.22. The minimum atomic E-state index is -0.767. The van der Waals surface area contributed by atoms with E-state index in [2.05, 4.69) is 6.92 Å². The Morgan fingerprint density at radius 1 is 1.38 bits per heavy atom. The number of amides is 1. The van der Waals surface area contributed by atoms with Gasteiger partial charge < -0.3 is 14.7 Å². The summed E-state index contributed by atoms with van der Waals surface area (Å²) in [6.07, 6.45) is 3.73. The lowest BCUT2D eigenvalue weighted by Crippen LogP contribution is -2.48. The summed E-state index contributed by atoms with van der Waals surface area (Å²) in [5, 5.41) is 10.1. The molecule has 1 unspecified atom stereocenters. The number of piperidine rings is 1. The van der Waals surface area contributed by atoms with Crippen molar-refractivity contribution in [3.63, 3.8) is 0 Å². The topological polar surface area (TPSA) is 49.8 Å². The summed E-state index contributed by atoms with van der Waals surface area (Å²) >= 11 is 0. The zero-order chi connectivity index (χ0) is 15.3. The van der Waals surface area contributed by atoms with Crippen LogP contribution in [0, 0.1) is 0 Å². The van der Waals surface area contributed by atoms with Gasteiger partial charge in [-0.3, -0.25) is 4.79 Å². The molecular formula is C17H25NO3. The van der Waals surface area contributed by atoms with Crippen molar-refractivity contribution >= 4 is 5.91 Å². The summed E-state index contributed by atoms with van der Waals surface area (Å²) in [5.41, 5.74) is -0.118. The number of β-amino-alcohol motifs (C(OH)–C–C–N with tert-alkyl or cyclic N) is 1. The molecule has 1 N–H and O–H groups in total. The first-order valence-electron chi connectivity index (χ1n) is 7.76. The molecule has 1 heterocycles. The molecule has 1 aliphatic rings. The van der Waals surface area contributed by atoms with E-state index < -0.39 is 5.60 Å². The van der Waals surface area contributed by atoms with E-state index in [0.29, 0.717) is 25.3 Å². The molecule has 1 amide bonds. The molecule has 1 saturated heterocycles. The predicted octanol–water partition coefficient (Wildman–Crippen LogP) is 2.85. The Morgan fingerprint density at radius 2 is 2.10 bits per heavy atom. The molecule has 0 bridgehead atoms. The number of aliphatic hydroxyl groups is 1. The van der Waals surface area contributed by atoms with Crippen molar-refractivity contribution in [1.29, 1.82) is 0 Å². The van der Waals surface area contributed by atoms with Gasteiger partial charge in [-0.2, -0.15) is 0 Å². The Hall–Kier alpha value is -1.55. The number of hydrogen-bond acceptors (Lipinski definition) is 3. The third-order valence-corrected chi connectivity index (χ3v) is 3.83. The Bertz CT molecular complexity index is 467. The lowest BCUT2D eigenvalue weighted by molar-refractivity contribution is -0.0107. The van der Waals surface area contributed by atoms with E-state index in [0.717, 1.165) is 31.4 Å². The Balaban J connectivity index is 1.96. The zero-order valence-electron chi connectivity index (χ0n) is 13.0. The third kappa shape index (κ3) is 4.46. The second-order valence-electron chi connectivity index (χ2n) is 6.05. The number of likely N-dealkylation sites (tertiary alicyclic amines) is 1. The van der Waals surface area contributed by atoms with Crippen LogP contribution in [0.5, 0.6) is 5.75 Å². The number of unbranched alkanes of at least 4 members (excludes halogenated alkanes) is 1. The first kappa shape index (κ1) is 15.8. The molecular weight excluding hydrogens is 266 g/mol. The molecule has 0 spiro atoms. The molecule has 0 saturated carbocycles. The van der Waals surface area contributed by atoms with Crippen molar-refractivity contribution < 1.29 is 14.6 Å². The average molecular weight is 291 g/mol. The second kappa shape index (κ2) is 6.94. The van der Waals surface area contributed by atoms with Crippen LogP contribution < -0.4 is 4.74 Å². The summed E-state index contributed by atoms with van der Waals surface area (Å²) in [6.45, 7) is 5.73. The Morgan fingerprint density at radius 3 is 2.71 bits per heavy atom. The van der Waals surface area contributed by atoms with Crippen LogP contribution in [0.3, 0.4) is 0 Å². The fourth-order valence-electron chi connectivity index (χ4n) is 2.60. The molecule has 1 aromatic rings. The van der Waals surface area contributed by atoms with E-state index in [-0.39, 0.29) is 5.91 Å². The number of ether oxygens (including phenoxy) is 1. The van der Waals surface area contributed by atoms with Gasteiger partial charge in [0.25, 0.3) is 5.91 Å². The first-order valence-corrected chi connectivity index (χ1v) is 7.76. The van der Waals surface area contributed by atoms with Crippen molar-refractivity contribution in [2.24, 2.45) is 0 Å². The highest BCUT2D eigenvalue weighted by Gasteiger charge is 2.31. The molecule has 0 radical (unpaired) electrons. The van der Waals surface area contributed by atoms with E-state index in [1.165, 1.54) is 0 Å². The first-order chi connectivity index (χ1) is 10.0. The van der Waals surface area contributed by atoms with Gasteiger partial charge in [0.15, 0.2) is 0 Å². The minimum Gasteiger partial charge on any atom is -0.494 e. The quantitative estimate of drug-likeness (QED) is 0.849. The number of carbonyl (C=O) groups excluding carboxylic acids is 1. The van der Waals surface area contributed by atoms with Crippen LogP contribution in [0.1, 0.15) is 49.9 Å². The number of nitrogens with zero attached hydrogens (tertiary/aromatic N) is 1. The van der Waals surface area contributed by atoms with Gasteiger partial charge in [0.2, 0.25) is 0 Å². The normalized spacial score (nSPS) is 22.1. The molecule has 1 fully saturated rings. The molecule has 2 rings (SSSR count). The summed E-state index contributed by atoms with van der Waals surface area (Å²) in [6, 6.07) is 7.27. The van der Waals surface area contributed by atoms with Gasteiger partial charge in [0.1, 0.15) is 5.75 Å². The van der Waals surface area contributed by atoms with Crippen LogP contribution in [0.25, 0.3) is 0 Å². The van der Waals surface area contributed by atoms with Crippen molar-refractivity contribution in [2.45, 2.75) is 45.1 Å². The number of benzene rings is 1. The highest BCUT2D eigenvalue weighted by molar-refractivity contribution is 5.94. The fourth-order valence-corrected chi connectivity index (χ4v) is 2.60. The molecule has 116 valence electrons. The van der Waals surface area contributed by atoms with Crippen LogP contribution in [-0.2, 0) is 0 Å². The number of hydrogen-bond donors (Lipinski definition) is 1. The molecule has 1 atom stereocenters. The number of carbonyl (C=O) groups is 1. The SMILES string of the molecule is CCCCOc1ccc(C(=O)N2CCCC(C)(O)C2)cc1. The van der Waals surface area contributed by atoms with Gasteiger partial charge in [0, 0.05) is 18.7 Å². The zero-order valence-corrected chi connectivity index (χ0v) is 13.0. The van der Waals surface area contributed by atoms with Crippen LogP contribution in [0.4, 0.5) is 0 Å². The third-order valence-electron chi connectivity index (χ3n) is 3.83. The maximum Gasteiger partial charge on any atom is 0.253 e. The predicted molar refractivity (Wildman–Crippen MR) is 82.6 cm³/mol. The lowest BCUT2D eigenvalue weighted by Gasteiger charge is -2.36. The molecule has 1 aliphatic heterocycles. The maximum absolute atomic E-state index is 12.4. The largest absolute Gasteiger partial charge is 0.494 e. The standard InChI is InChI=1S/C17H25NO3/c1-3-4-12-21-15-8-6-14(7-9-15)16(19)18-11-5-10-17(2,20)13-18/h6-9,20H,3-5,10-13H2,1-2H3. The van der Waals surface area contributed by atoms with Crippen LogP contribution in [-0.4, -0.2) is 41.2 Å². The monoisotopic (exact) mass is 291 g/mol. The smallest absolute Gasteiger partial charge is 0.253 e. The van der Waals surface area contributed by atoms with Gasteiger partial charge in [-0.1, -0.05) is 13.3 Å². The van der Waals surface area contributed by atoms with E-state index in [1.807, 2.05) is 12.1 Å². The molecule has 4 heteroatoms. The number of rotatable bonds is 5. The maximum atomic E-state index is 12.4. The van der Waals surface area contributed by atoms with E-state index in [4.69, 9.17) is 4.74 Å². The van der Waals surface area contributed by atoms with Crippen molar-refractivity contribution in [2.75, 3.05) is 19.7 Å². The molecule has 21 heavy (non-hydrogen) atoms. The van der Waals surface area contributed by atoms with Crippen LogP contribution in [0.15, 0.2) is 24.3 Å². The van der Waals surface area contributed by atoms with Crippen LogP contribution >= 0.6 is 0 Å². The molecule has 0 aromatic heterocycles. The molecule has 4 nitrogen and oxygen atoms in total. The van der Waals surface area contributed by atoms with Gasteiger partial charge >= 0.3 is 0 Å².